The molecule has 0 bridgehead atoms. The van der Waals surface area contributed by atoms with Crippen molar-refractivity contribution in [3.05, 3.63) is 59.2 Å². The van der Waals surface area contributed by atoms with Crippen LogP contribution in [0.1, 0.15) is 38.1 Å². The van der Waals surface area contributed by atoms with Crippen molar-refractivity contribution >= 4 is 17.3 Å². The van der Waals surface area contributed by atoms with Crippen LogP contribution < -0.4 is 9.47 Å². The Morgan fingerprint density at radius 2 is 1.80 bits per heavy atom. The molecule has 0 atom stereocenters. The fourth-order valence-corrected chi connectivity index (χ4v) is 3.53. The van der Waals surface area contributed by atoms with E-state index in [9.17, 15) is 4.79 Å². The average Bonchev–Trinajstić information content (AvgIpc) is 3.21. The molecule has 2 aromatic heterocycles. The van der Waals surface area contributed by atoms with E-state index in [4.69, 9.17) is 14.2 Å². The number of thiophene rings is 1. The molecule has 0 N–H and O–H groups in total. The van der Waals surface area contributed by atoms with Gasteiger partial charge in [0.1, 0.15) is 18.1 Å². The van der Waals surface area contributed by atoms with Gasteiger partial charge in [0.2, 0.25) is 0 Å². The van der Waals surface area contributed by atoms with Gasteiger partial charge in [0.15, 0.2) is 11.4 Å². The molecule has 0 unspecified atom stereocenters. The van der Waals surface area contributed by atoms with Crippen molar-refractivity contribution in [1.82, 2.24) is 9.97 Å². The summed E-state index contributed by atoms with van der Waals surface area (Å²) in [5.74, 6) is 1.52. The SMILES string of the molecule is CCOC(=O)C(C)(C)Oc1cccc(OCc2ccc(-c3ncc(CC)cn3)s2)c1. The number of rotatable bonds is 9. The van der Waals surface area contributed by atoms with E-state index in [1.54, 1.807) is 44.2 Å². The monoisotopic (exact) mass is 426 g/mol. The zero-order valence-electron chi connectivity index (χ0n) is 17.7. The van der Waals surface area contributed by atoms with Crippen LogP contribution in [-0.2, 0) is 22.6 Å². The van der Waals surface area contributed by atoms with Crippen LogP contribution in [0.2, 0.25) is 0 Å². The van der Waals surface area contributed by atoms with E-state index in [0.29, 0.717) is 24.7 Å². The maximum absolute atomic E-state index is 12.0. The van der Waals surface area contributed by atoms with Crippen molar-refractivity contribution in [2.45, 2.75) is 46.3 Å². The van der Waals surface area contributed by atoms with Gasteiger partial charge in [-0.2, -0.15) is 0 Å². The van der Waals surface area contributed by atoms with Crippen molar-refractivity contribution in [3.63, 3.8) is 0 Å². The molecule has 3 aromatic rings. The first-order valence-electron chi connectivity index (χ1n) is 9.90. The summed E-state index contributed by atoms with van der Waals surface area (Å²) in [6.45, 7) is 7.94. The summed E-state index contributed by atoms with van der Waals surface area (Å²) in [5, 5.41) is 0. The van der Waals surface area contributed by atoms with E-state index in [1.807, 2.05) is 36.7 Å². The van der Waals surface area contributed by atoms with Crippen LogP contribution in [0.5, 0.6) is 11.5 Å². The summed E-state index contributed by atoms with van der Waals surface area (Å²) in [6, 6.07) is 11.3. The number of hydrogen-bond donors (Lipinski definition) is 0. The smallest absolute Gasteiger partial charge is 0.349 e. The van der Waals surface area contributed by atoms with Crippen molar-refractivity contribution in [1.29, 1.82) is 0 Å². The number of hydrogen-bond acceptors (Lipinski definition) is 7. The van der Waals surface area contributed by atoms with Gasteiger partial charge < -0.3 is 14.2 Å². The third-order valence-electron chi connectivity index (χ3n) is 4.32. The van der Waals surface area contributed by atoms with E-state index in [-0.39, 0.29) is 0 Å². The quantitative estimate of drug-likeness (QED) is 0.445. The first kappa shape index (κ1) is 21.8. The molecular formula is C23H26N2O4S. The first-order chi connectivity index (χ1) is 14.4. The van der Waals surface area contributed by atoms with Crippen LogP contribution in [0.3, 0.4) is 0 Å². The third-order valence-corrected chi connectivity index (χ3v) is 5.38. The fourth-order valence-electron chi connectivity index (χ4n) is 2.66. The van der Waals surface area contributed by atoms with Crippen LogP contribution in [-0.4, -0.2) is 28.1 Å². The lowest BCUT2D eigenvalue weighted by atomic mass is 10.1. The number of aromatic nitrogens is 2. The van der Waals surface area contributed by atoms with Gasteiger partial charge in [0.25, 0.3) is 0 Å². The maximum Gasteiger partial charge on any atom is 0.349 e. The molecule has 6 nitrogen and oxygen atoms in total. The number of carbonyl (C=O) groups excluding carboxylic acids is 1. The van der Waals surface area contributed by atoms with Crippen molar-refractivity contribution < 1.29 is 19.0 Å². The van der Waals surface area contributed by atoms with Crippen LogP contribution in [0, 0.1) is 0 Å². The Hall–Kier alpha value is -2.93. The largest absolute Gasteiger partial charge is 0.488 e. The predicted molar refractivity (Wildman–Crippen MR) is 117 cm³/mol. The highest BCUT2D eigenvalue weighted by atomic mass is 32.1. The predicted octanol–water partition coefficient (Wildman–Crippen LogP) is 5.07. The Labute approximate surface area is 180 Å². The molecular weight excluding hydrogens is 400 g/mol. The van der Waals surface area contributed by atoms with E-state index < -0.39 is 11.6 Å². The minimum Gasteiger partial charge on any atom is -0.488 e. The van der Waals surface area contributed by atoms with E-state index in [1.165, 1.54) is 0 Å². The Balaban J connectivity index is 1.62. The number of esters is 1. The summed E-state index contributed by atoms with van der Waals surface area (Å²) < 4.78 is 16.8. The molecule has 30 heavy (non-hydrogen) atoms. The number of carbonyl (C=O) groups is 1. The topological polar surface area (TPSA) is 70.5 Å². The molecule has 1 aromatic carbocycles. The summed E-state index contributed by atoms with van der Waals surface area (Å²) in [4.78, 5) is 23.0. The summed E-state index contributed by atoms with van der Waals surface area (Å²) in [7, 11) is 0. The minimum absolute atomic E-state index is 0.311. The molecule has 3 rings (SSSR count). The molecule has 2 heterocycles. The van der Waals surface area contributed by atoms with E-state index >= 15 is 0 Å². The lowest BCUT2D eigenvalue weighted by Crippen LogP contribution is -2.39. The first-order valence-corrected chi connectivity index (χ1v) is 10.7. The van der Waals surface area contributed by atoms with Gasteiger partial charge in [-0.3, -0.25) is 0 Å². The van der Waals surface area contributed by atoms with Crippen molar-refractivity contribution in [2.24, 2.45) is 0 Å². The van der Waals surface area contributed by atoms with E-state index in [2.05, 4.69) is 16.9 Å². The molecule has 0 aliphatic rings. The molecule has 0 saturated carbocycles. The zero-order valence-corrected chi connectivity index (χ0v) is 18.5. The van der Waals surface area contributed by atoms with Gasteiger partial charge in [-0.1, -0.05) is 13.0 Å². The summed E-state index contributed by atoms with van der Waals surface area (Å²) in [6.07, 6.45) is 4.65. The van der Waals surface area contributed by atoms with E-state index in [0.717, 1.165) is 27.6 Å². The Morgan fingerprint density at radius 3 is 2.50 bits per heavy atom. The van der Waals surface area contributed by atoms with Gasteiger partial charge in [-0.15, -0.1) is 11.3 Å². The molecule has 0 saturated heterocycles. The average molecular weight is 427 g/mol. The second kappa shape index (κ2) is 9.71. The van der Waals surface area contributed by atoms with Gasteiger partial charge >= 0.3 is 5.97 Å². The van der Waals surface area contributed by atoms with Crippen molar-refractivity contribution in [2.75, 3.05) is 6.61 Å². The maximum atomic E-state index is 12.0. The normalized spacial score (nSPS) is 11.2. The Bertz CT molecular complexity index is 983. The summed E-state index contributed by atoms with van der Waals surface area (Å²) in [5.41, 5.74) is 0.0389. The molecule has 0 fully saturated rings. The minimum atomic E-state index is -1.08. The van der Waals surface area contributed by atoms with Gasteiger partial charge in [0, 0.05) is 23.3 Å². The molecule has 158 valence electrons. The Kier molecular flexibility index (Phi) is 7.05. The highest BCUT2D eigenvalue weighted by Crippen LogP contribution is 2.28. The third kappa shape index (κ3) is 5.57. The second-order valence-electron chi connectivity index (χ2n) is 7.13. The molecule has 0 aliphatic carbocycles. The molecule has 0 spiro atoms. The number of aryl methyl sites for hydroxylation is 1. The zero-order chi connectivity index (χ0) is 21.6. The molecule has 0 aliphatic heterocycles. The second-order valence-corrected chi connectivity index (χ2v) is 8.30. The molecule has 0 amide bonds. The highest BCUT2D eigenvalue weighted by Gasteiger charge is 2.31. The van der Waals surface area contributed by atoms with Crippen LogP contribution in [0.15, 0.2) is 48.8 Å². The number of benzene rings is 1. The van der Waals surface area contributed by atoms with Crippen LogP contribution in [0.4, 0.5) is 0 Å². The standard InChI is InChI=1S/C23H26N2O4S/c1-5-16-13-24-21(25-14-16)20-11-10-19(30-20)15-28-17-8-7-9-18(12-17)29-23(3,4)22(26)27-6-2/h7-14H,5-6,15H2,1-4H3. The van der Waals surface area contributed by atoms with Crippen LogP contribution in [0.25, 0.3) is 10.7 Å². The molecule has 7 heteroatoms. The summed E-state index contributed by atoms with van der Waals surface area (Å²) >= 11 is 1.60. The lowest BCUT2D eigenvalue weighted by Gasteiger charge is -2.24. The van der Waals surface area contributed by atoms with Crippen molar-refractivity contribution in [3.8, 4) is 22.2 Å². The number of nitrogens with zero attached hydrogens (tertiary/aromatic N) is 2. The van der Waals surface area contributed by atoms with Gasteiger partial charge in [0.05, 0.1) is 11.5 Å². The van der Waals surface area contributed by atoms with Crippen LogP contribution >= 0.6 is 11.3 Å². The Morgan fingerprint density at radius 1 is 1.07 bits per heavy atom. The molecule has 0 radical (unpaired) electrons. The lowest BCUT2D eigenvalue weighted by molar-refractivity contribution is -0.158. The number of ether oxygens (including phenoxy) is 3. The van der Waals surface area contributed by atoms with Gasteiger partial charge in [-0.25, -0.2) is 14.8 Å². The highest BCUT2D eigenvalue weighted by molar-refractivity contribution is 7.15. The van der Waals surface area contributed by atoms with Gasteiger partial charge in [-0.05, 0) is 57.0 Å². The fraction of sp³-hybridized carbons (Fsp3) is 0.348.